The van der Waals surface area contributed by atoms with Crippen LogP contribution in [0.25, 0.3) is 0 Å². The summed E-state index contributed by atoms with van der Waals surface area (Å²) in [5.41, 5.74) is 0.402. The predicted molar refractivity (Wildman–Crippen MR) is 78.1 cm³/mol. The Hall–Kier alpha value is -1.84. The average molecular weight is 274 g/mol. The fourth-order valence-corrected chi connectivity index (χ4v) is 2.22. The Morgan fingerprint density at radius 3 is 2.20 bits per heavy atom. The molecule has 4 heteroatoms. The summed E-state index contributed by atoms with van der Waals surface area (Å²) in [6.45, 7) is 3.21. The molecule has 1 aliphatic carbocycles. The van der Waals surface area contributed by atoms with E-state index in [0.29, 0.717) is 25.9 Å². The molecule has 0 unspecified atom stereocenters. The lowest BCUT2D eigenvalue weighted by atomic mass is 10.0. The summed E-state index contributed by atoms with van der Waals surface area (Å²) in [6, 6.07) is 10.0. The molecule has 108 valence electrons. The van der Waals surface area contributed by atoms with Crippen LogP contribution in [0.15, 0.2) is 30.3 Å². The molecule has 0 aromatic heterocycles. The Balaban J connectivity index is 1.78. The Kier molecular flexibility index (Phi) is 4.77. The molecule has 1 saturated carbocycles. The Labute approximate surface area is 119 Å². The van der Waals surface area contributed by atoms with Crippen LogP contribution < -0.4 is 10.6 Å². The van der Waals surface area contributed by atoms with Crippen LogP contribution in [0.1, 0.15) is 31.7 Å². The molecule has 4 nitrogen and oxygen atoms in total. The minimum atomic E-state index is -0.786. The summed E-state index contributed by atoms with van der Waals surface area (Å²) in [4.78, 5) is 24.1. The lowest BCUT2D eigenvalue weighted by Crippen LogP contribution is -2.43. The van der Waals surface area contributed by atoms with Gasteiger partial charge >= 0.3 is 0 Å². The van der Waals surface area contributed by atoms with E-state index < -0.39 is 5.41 Å². The number of hydrogen-bond acceptors (Lipinski definition) is 2. The summed E-state index contributed by atoms with van der Waals surface area (Å²) < 4.78 is 0. The zero-order valence-corrected chi connectivity index (χ0v) is 11.9. The molecule has 2 N–H and O–H groups in total. The third-order valence-electron chi connectivity index (χ3n) is 3.70. The largest absolute Gasteiger partial charge is 0.355 e. The molecule has 20 heavy (non-hydrogen) atoms. The summed E-state index contributed by atoms with van der Waals surface area (Å²) >= 11 is 0. The fraction of sp³-hybridized carbons (Fsp3) is 0.500. The van der Waals surface area contributed by atoms with Crippen molar-refractivity contribution in [2.75, 3.05) is 13.1 Å². The molecule has 0 bridgehead atoms. The van der Waals surface area contributed by atoms with Gasteiger partial charge in [-0.1, -0.05) is 37.3 Å². The molecule has 1 aromatic carbocycles. The molecule has 0 radical (unpaired) electrons. The van der Waals surface area contributed by atoms with Gasteiger partial charge in [-0.2, -0.15) is 0 Å². The molecule has 0 aliphatic heterocycles. The maximum atomic E-state index is 12.2. The van der Waals surface area contributed by atoms with E-state index >= 15 is 0 Å². The van der Waals surface area contributed by atoms with Gasteiger partial charge in [-0.25, -0.2) is 0 Å². The van der Waals surface area contributed by atoms with Crippen molar-refractivity contribution in [3.8, 4) is 0 Å². The molecule has 1 fully saturated rings. The van der Waals surface area contributed by atoms with E-state index in [9.17, 15) is 9.59 Å². The number of hydrogen-bond donors (Lipinski definition) is 2. The van der Waals surface area contributed by atoms with E-state index in [1.165, 1.54) is 5.56 Å². The molecule has 1 aromatic rings. The zero-order valence-electron chi connectivity index (χ0n) is 11.9. The van der Waals surface area contributed by atoms with Gasteiger partial charge in [0, 0.05) is 13.1 Å². The second kappa shape index (κ2) is 6.55. The van der Waals surface area contributed by atoms with Gasteiger partial charge in [0.1, 0.15) is 5.41 Å². The van der Waals surface area contributed by atoms with Crippen LogP contribution >= 0.6 is 0 Å². The third-order valence-corrected chi connectivity index (χ3v) is 3.70. The first-order chi connectivity index (χ1) is 9.69. The highest BCUT2D eigenvalue weighted by molar-refractivity contribution is 6.07. The number of rotatable bonds is 7. The van der Waals surface area contributed by atoms with Crippen molar-refractivity contribution in [3.05, 3.63) is 35.9 Å². The third kappa shape index (κ3) is 3.38. The first kappa shape index (κ1) is 14.6. The molecule has 1 aliphatic rings. The van der Waals surface area contributed by atoms with Gasteiger partial charge in [0.15, 0.2) is 0 Å². The summed E-state index contributed by atoms with van der Waals surface area (Å²) in [7, 11) is 0. The lowest BCUT2D eigenvalue weighted by Gasteiger charge is -2.15. The molecular weight excluding hydrogens is 252 g/mol. The summed E-state index contributed by atoms with van der Waals surface area (Å²) in [5.74, 6) is -0.237. The van der Waals surface area contributed by atoms with Gasteiger partial charge in [0.2, 0.25) is 11.8 Å². The molecule has 0 atom stereocenters. The summed E-state index contributed by atoms with van der Waals surface area (Å²) in [5, 5.41) is 5.72. The highest BCUT2D eigenvalue weighted by Gasteiger charge is 2.56. The fourth-order valence-electron chi connectivity index (χ4n) is 2.22. The van der Waals surface area contributed by atoms with Gasteiger partial charge in [-0.05, 0) is 31.2 Å². The SMILES string of the molecule is CCCNC(=O)C1(C(=O)NCCc2ccccc2)CC1. The van der Waals surface area contributed by atoms with Crippen molar-refractivity contribution in [2.45, 2.75) is 32.6 Å². The van der Waals surface area contributed by atoms with E-state index in [1.807, 2.05) is 37.3 Å². The van der Waals surface area contributed by atoms with Gasteiger partial charge in [-0.3, -0.25) is 9.59 Å². The van der Waals surface area contributed by atoms with E-state index in [2.05, 4.69) is 10.6 Å². The minimum absolute atomic E-state index is 0.114. The normalized spacial score (nSPS) is 15.4. The van der Waals surface area contributed by atoms with Crippen LogP contribution in [-0.2, 0) is 16.0 Å². The zero-order chi connectivity index (χ0) is 14.4. The molecule has 0 heterocycles. The standard InChI is InChI=1S/C16H22N2O2/c1-2-11-17-14(19)16(9-10-16)15(20)18-12-8-13-6-4-3-5-7-13/h3-7H,2,8-12H2,1H3,(H,17,19)(H,18,20). The Morgan fingerprint density at radius 2 is 1.65 bits per heavy atom. The predicted octanol–water partition coefficient (Wildman–Crippen LogP) is 1.65. The van der Waals surface area contributed by atoms with Crippen molar-refractivity contribution in [1.82, 2.24) is 10.6 Å². The summed E-state index contributed by atoms with van der Waals surface area (Å²) in [6.07, 6.45) is 3.01. The van der Waals surface area contributed by atoms with Crippen LogP contribution in [0.5, 0.6) is 0 Å². The second-order valence-electron chi connectivity index (χ2n) is 5.33. The monoisotopic (exact) mass is 274 g/mol. The smallest absolute Gasteiger partial charge is 0.235 e. The molecular formula is C16H22N2O2. The van der Waals surface area contributed by atoms with E-state index in [0.717, 1.165) is 12.8 Å². The Morgan fingerprint density at radius 1 is 1.05 bits per heavy atom. The highest BCUT2D eigenvalue weighted by atomic mass is 16.2. The maximum absolute atomic E-state index is 12.2. The van der Waals surface area contributed by atoms with Gasteiger partial charge in [0.05, 0.1) is 0 Å². The van der Waals surface area contributed by atoms with Crippen molar-refractivity contribution >= 4 is 11.8 Å². The average Bonchev–Trinajstić information content (AvgIpc) is 3.27. The van der Waals surface area contributed by atoms with Gasteiger partial charge in [0.25, 0.3) is 0 Å². The minimum Gasteiger partial charge on any atom is -0.355 e. The van der Waals surface area contributed by atoms with Crippen molar-refractivity contribution < 1.29 is 9.59 Å². The van der Waals surface area contributed by atoms with Crippen LogP contribution in [0.3, 0.4) is 0 Å². The van der Waals surface area contributed by atoms with Crippen molar-refractivity contribution in [1.29, 1.82) is 0 Å². The van der Waals surface area contributed by atoms with Crippen molar-refractivity contribution in [3.63, 3.8) is 0 Å². The Bertz CT molecular complexity index is 467. The van der Waals surface area contributed by atoms with Crippen molar-refractivity contribution in [2.24, 2.45) is 5.41 Å². The van der Waals surface area contributed by atoms with E-state index in [-0.39, 0.29) is 11.8 Å². The first-order valence-corrected chi connectivity index (χ1v) is 7.29. The lowest BCUT2D eigenvalue weighted by molar-refractivity contribution is -0.137. The van der Waals surface area contributed by atoms with E-state index in [4.69, 9.17) is 0 Å². The van der Waals surface area contributed by atoms with Gasteiger partial charge < -0.3 is 10.6 Å². The number of amides is 2. The topological polar surface area (TPSA) is 58.2 Å². The second-order valence-corrected chi connectivity index (χ2v) is 5.33. The first-order valence-electron chi connectivity index (χ1n) is 7.29. The maximum Gasteiger partial charge on any atom is 0.235 e. The van der Waals surface area contributed by atoms with Crippen LogP contribution in [0, 0.1) is 5.41 Å². The quantitative estimate of drug-likeness (QED) is 0.743. The van der Waals surface area contributed by atoms with Crippen LogP contribution in [0.2, 0.25) is 0 Å². The number of benzene rings is 1. The highest BCUT2D eigenvalue weighted by Crippen LogP contribution is 2.46. The van der Waals surface area contributed by atoms with Crippen LogP contribution in [-0.4, -0.2) is 24.9 Å². The molecule has 2 rings (SSSR count). The number of nitrogens with one attached hydrogen (secondary N) is 2. The van der Waals surface area contributed by atoms with E-state index in [1.54, 1.807) is 0 Å². The molecule has 2 amide bonds. The molecule has 0 saturated heterocycles. The molecule has 0 spiro atoms. The number of carbonyl (C=O) groups is 2. The van der Waals surface area contributed by atoms with Crippen LogP contribution in [0.4, 0.5) is 0 Å². The van der Waals surface area contributed by atoms with Gasteiger partial charge in [-0.15, -0.1) is 0 Å². The number of carbonyl (C=O) groups excluding carboxylic acids is 2.